The second-order valence-corrected chi connectivity index (χ2v) is 8.28. The highest BCUT2D eigenvalue weighted by Gasteiger charge is 2.48. The third-order valence-electron chi connectivity index (χ3n) is 6.95. The van der Waals surface area contributed by atoms with Gasteiger partial charge in [-0.25, -0.2) is 0 Å². The van der Waals surface area contributed by atoms with Crippen LogP contribution in [0, 0.1) is 5.92 Å². The fourth-order valence-electron chi connectivity index (χ4n) is 5.44. The van der Waals surface area contributed by atoms with Crippen LogP contribution in [-0.4, -0.2) is 0 Å². The number of aryl methyl sites for hydroxylation is 1. The summed E-state index contributed by atoms with van der Waals surface area (Å²) >= 11 is 0. The van der Waals surface area contributed by atoms with Gasteiger partial charge in [-0.2, -0.15) is 0 Å². The monoisotopic (exact) mass is 376 g/mol. The first-order valence-corrected chi connectivity index (χ1v) is 10.9. The highest BCUT2D eigenvalue weighted by atomic mass is 14.5. The van der Waals surface area contributed by atoms with Crippen LogP contribution in [0.2, 0.25) is 0 Å². The van der Waals surface area contributed by atoms with Crippen molar-refractivity contribution in [2.75, 3.05) is 0 Å². The molecule has 29 heavy (non-hydrogen) atoms. The van der Waals surface area contributed by atoms with Crippen molar-refractivity contribution in [3.63, 3.8) is 0 Å². The van der Waals surface area contributed by atoms with Gasteiger partial charge in [0.2, 0.25) is 0 Å². The van der Waals surface area contributed by atoms with Gasteiger partial charge >= 0.3 is 0 Å². The van der Waals surface area contributed by atoms with E-state index in [0.717, 1.165) is 19.3 Å². The van der Waals surface area contributed by atoms with Crippen molar-refractivity contribution >= 4 is 0 Å². The van der Waals surface area contributed by atoms with Gasteiger partial charge in [0, 0.05) is 0 Å². The van der Waals surface area contributed by atoms with Gasteiger partial charge in [-0.3, -0.25) is 0 Å². The molecule has 2 aliphatic carbocycles. The lowest BCUT2D eigenvalue weighted by atomic mass is 9.62. The lowest BCUT2D eigenvalue weighted by Crippen LogP contribution is -2.35. The second kappa shape index (κ2) is 7.19. The Labute approximate surface area is 174 Å². The van der Waals surface area contributed by atoms with E-state index in [1.165, 1.54) is 39.0 Å². The van der Waals surface area contributed by atoms with Gasteiger partial charge in [-0.05, 0) is 58.6 Å². The number of benzene rings is 3. The van der Waals surface area contributed by atoms with Crippen molar-refractivity contribution in [2.24, 2.45) is 5.92 Å². The van der Waals surface area contributed by atoms with Gasteiger partial charge < -0.3 is 0 Å². The van der Waals surface area contributed by atoms with E-state index >= 15 is 0 Å². The molecule has 0 aliphatic heterocycles. The first kappa shape index (κ1) is 18.2. The zero-order valence-electron chi connectivity index (χ0n) is 17.4. The minimum atomic E-state index is -0.133. The molecular formula is C29H28. The van der Waals surface area contributed by atoms with Crippen LogP contribution in [0.25, 0.3) is 11.1 Å². The molecule has 0 heterocycles. The van der Waals surface area contributed by atoms with Crippen molar-refractivity contribution in [1.29, 1.82) is 0 Å². The Morgan fingerprint density at radius 1 is 0.759 bits per heavy atom. The molecule has 0 aromatic heterocycles. The van der Waals surface area contributed by atoms with Crippen LogP contribution in [-0.2, 0) is 11.8 Å². The molecular weight excluding hydrogens is 348 g/mol. The molecule has 0 amide bonds. The topological polar surface area (TPSA) is 0 Å². The predicted molar refractivity (Wildman–Crippen MR) is 123 cm³/mol. The summed E-state index contributed by atoms with van der Waals surface area (Å²) in [5.74, 6) is 0.412. The van der Waals surface area contributed by atoms with Crippen LogP contribution >= 0.6 is 0 Å². The summed E-state index contributed by atoms with van der Waals surface area (Å²) in [4.78, 5) is 0. The van der Waals surface area contributed by atoms with Gasteiger partial charge in [0.15, 0.2) is 0 Å². The molecule has 0 spiro atoms. The van der Waals surface area contributed by atoms with Crippen molar-refractivity contribution in [3.8, 4) is 11.1 Å². The van der Waals surface area contributed by atoms with Gasteiger partial charge in [-0.1, -0.05) is 110 Å². The molecule has 0 bridgehead atoms. The molecule has 2 aliphatic rings. The smallest absolute Gasteiger partial charge is 0.0529 e. The summed E-state index contributed by atoms with van der Waals surface area (Å²) in [5, 5.41) is 0. The van der Waals surface area contributed by atoms with Gasteiger partial charge in [0.05, 0.1) is 5.41 Å². The van der Waals surface area contributed by atoms with Gasteiger partial charge in [-0.15, -0.1) is 0 Å². The van der Waals surface area contributed by atoms with Crippen molar-refractivity contribution < 1.29 is 0 Å². The maximum atomic E-state index is 2.48. The predicted octanol–water partition coefficient (Wildman–Crippen LogP) is 7.48. The molecule has 0 nitrogen and oxygen atoms in total. The van der Waals surface area contributed by atoms with E-state index in [-0.39, 0.29) is 5.41 Å². The van der Waals surface area contributed by atoms with Crippen LogP contribution in [0.1, 0.15) is 48.9 Å². The minimum Gasteiger partial charge on any atom is -0.0807 e. The number of allylic oxidation sites excluding steroid dienone is 4. The number of fused-ring (bicyclic) bond motifs is 3. The molecule has 144 valence electrons. The summed E-state index contributed by atoms with van der Waals surface area (Å²) in [7, 11) is 0. The Kier molecular flexibility index (Phi) is 4.51. The molecule has 0 saturated carbocycles. The summed E-state index contributed by atoms with van der Waals surface area (Å²) in [5.41, 5.74) is 9.82. The lowest BCUT2D eigenvalue weighted by Gasteiger charge is -2.40. The maximum absolute atomic E-state index is 2.48. The standard InChI is InChI=1S/C29H28/c1-3-21-13-17-23(18-14-21)29(24-19-15-22(4-2)16-20-24)27-11-7-5-9-25(27)26-10-6-8-12-28(26)29/h5-19,24H,3-4,20H2,1-2H3. The number of hydrogen-bond acceptors (Lipinski definition) is 0. The van der Waals surface area contributed by atoms with Crippen LogP contribution in [0.15, 0.2) is 96.6 Å². The quantitative estimate of drug-likeness (QED) is 0.443. The minimum absolute atomic E-state index is 0.133. The molecule has 0 radical (unpaired) electrons. The van der Waals surface area contributed by atoms with E-state index in [4.69, 9.17) is 0 Å². The van der Waals surface area contributed by atoms with Crippen molar-refractivity contribution in [3.05, 3.63) is 119 Å². The molecule has 1 atom stereocenters. The van der Waals surface area contributed by atoms with Crippen molar-refractivity contribution in [1.82, 2.24) is 0 Å². The van der Waals surface area contributed by atoms with E-state index < -0.39 is 0 Å². The first-order chi connectivity index (χ1) is 14.3. The lowest BCUT2D eigenvalue weighted by molar-refractivity contribution is 0.455. The molecule has 0 saturated heterocycles. The third-order valence-corrected chi connectivity index (χ3v) is 6.95. The van der Waals surface area contributed by atoms with E-state index in [9.17, 15) is 0 Å². The number of hydrogen-bond donors (Lipinski definition) is 0. The Morgan fingerprint density at radius 3 is 1.90 bits per heavy atom. The zero-order valence-corrected chi connectivity index (χ0v) is 17.4. The molecule has 3 aromatic carbocycles. The van der Waals surface area contributed by atoms with Crippen LogP contribution in [0.4, 0.5) is 0 Å². The van der Waals surface area contributed by atoms with E-state index in [0.29, 0.717) is 5.92 Å². The van der Waals surface area contributed by atoms with Crippen molar-refractivity contribution in [2.45, 2.75) is 38.5 Å². The molecule has 3 aromatic rings. The fraction of sp³-hybridized carbons (Fsp3) is 0.241. The summed E-state index contributed by atoms with van der Waals surface area (Å²) in [6, 6.07) is 27.5. The first-order valence-electron chi connectivity index (χ1n) is 10.9. The average molecular weight is 377 g/mol. The highest BCUT2D eigenvalue weighted by Crippen LogP contribution is 2.57. The summed E-state index contributed by atoms with van der Waals surface area (Å²) < 4.78 is 0. The van der Waals surface area contributed by atoms with E-state index in [1.807, 2.05) is 0 Å². The molecule has 0 N–H and O–H groups in total. The van der Waals surface area contributed by atoms with E-state index in [1.54, 1.807) is 0 Å². The number of rotatable bonds is 4. The third kappa shape index (κ3) is 2.66. The van der Waals surface area contributed by atoms with E-state index in [2.05, 4.69) is 105 Å². The maximum Gasteiger partial charge on any atom is 0.0529 e. The SMILES string of the molecule is CCC1=CCC(C2(c3ccc(CC)cc3)c3ccccc3-c3ccccc32)C=C1. The van der Waals surface area contributed by atoms with Crippen LogP contribution < -0.4 is 0 Å². The van der Waals surface area contributed by atoms with Crippen LogP contribution in [0.5, 0.6) is 0 Å². The normalized spacial score (nSPS) is 18.8. The highest BCUT2D eigenvalue weighted by molar-refractivity contribution is 5.84. The average Bonchev–Trinajstić information content (AvgIpc) is 3.11. The Balaban J connectivity index is 1.80. The Hall–Kier alpha value is -2.86. The van der Waals surface area contributed by atoms with Gasteiger partial charge in [0.1, 0.15) is 0 Å². The molecule has 1 unspecified atom stereocenters. The van der Waals surface area contributed by atoms with Crippen LogP contribution in [0.3, 0.4) is 0 Å². The Bertz CT molecular complexity index is 1050. The molecule has 0 fully saturated rings. The largest absolute Gasteiger partial charge is 0.0807 e. The summed E-state index contributed by atoms with van der Waals surface area (Å²) in [6.07, 6.45) is 10.6. The Morgan fingerprint density at radius 2 is 1.38 bits per heavy atom. The zero-order chi connectivity index (χ0) is 19.8. The molecule has 5 rings (SSSR count). The fourth-order valence-corrected chi connectivity index (χ4v) is 5.44. The summed E-state index contributed by atoms with van der Waals surface area (Å²) in [6.45, 7) is 4.47. The second-order valence-electron chi connectivity index (χ2n) is 8.28. The molecule has 0 heteroatoms. The van der Waals surface area contributed by atoms with Gasteiger partial charge in [0.25, 0.3) is 0 Å².